The number of phenolic OH excluding ortho intramolecular Hbond substituents is 1. The first-order chi connectivity index (χ1) is 6.56. The number of rotatable bonds is 3. The summed E-state index contributed by atoms with van der Waals surface area (Å²) in [4.78, 5) is 10.5. The van der Waals surface area contributed by atoms with Crippen molar-refractivity contribution >= 4 is 5.97 Å². The third-order valence-electron chi connectivity index (χ3n) is 2.08. The molecule has 14 heavy (non-hydrogen) atoms. The zero-order valence-corrected chi connectivity index (χ0v) is 7.77. The second kappa shape index (κ2) is 4.11. The molecule has 4 heteroatoms. The lowest BCUT2D eigenvalue weighted by molar-refractivity contribution is 0.0696. The van der Waals surface area contributed by atoms with Crippen LogP contribution in [-0.4, -0.2) is 27.9 Å². The molecule has 1 aromatic carbocycles. The molecule has 0 saturated heterocycles. The minimum absolute atomic E-state index is 0.0383. The molecule has 0 aliphatic heterocycles. The Balaban J connectivity index is 3.07. The van der Waals surface area contributed by atoms with Crippen LogP contribution in [0.4, 0.5) is 0 Å². The third-order valence-corrected chi connectivity index (χ3v) is 2.08. The summed E-state index contributed by atoms with van der Waals surface area (Å²) in [5, 5.41) is 27.0. The number of phenols is 1. The first-order valence-electron chi connectivity index (χ1n) is 4.23. The van der Waals surface area contributed by atoms with Gasteiger partial charge in [0.1, 0.15) is 5.75 Å². The Morgan fingerprint density at radius 1 is 1.50 bits per heavy atom. The van der Waals surface area contributed by atoms with Gasteiger partial charge in [0.25, 0.3) is 0 Å². The van der Waals surface area contributed by atoms with E-state index < -0.39 is 5.97 Å². The van der Waals surface area contributed by atoms with Gasteiger partial charge in [-0.2, -0.15) is 0 Å². The number of aliphatic hydroxyl groups is 1. The molecule has 0 aliphatic rings. The van der Waals surface area contributed by atoms with E-state index in [1.54, 1.807) is 6.92 Å². The van der Waals surface area contributed by atoms with Crippen molar-refractivity contribution in [1.82, 2.24) is 0 Å². The topological polar surface area (TPSA) is 77.8 Å². The van der Waals surface area contributed by atoms with Gasteiger partial charge in [-0.05, 0) is 17.7 Å². The molecule has 0 aliphatic carbocycles. The Morgan fingerprint density at radius 3 is 2.57 bits per heavy atom. The van der Waals surface area contributed by atoms with Gasteiger partial charge in [-0.15, -0.1) is 0 Å². The highest BCUT2D eigenvalue weighted by atomic mass is 16.4. The van der Waals surface area contributed by atoms with Crippen molar-refractivity contribution in [3.05, 3.63) is 29.3 Å². The number of aromatic carboxylic acids is 1. The summed E-state index contributed by atoms with van der Waals surface area (Å²) in [5.74, 6) is -1.37. The second-order valence-electron chi connectivity index (χ2n) is 3.16. The quantitative estimate of drug-likeness (QED) is 0.678. The van der Waals surface area contributed by atoms with Crippen molar-refractivity contribution in [3.8, 4) is 5.75 Å². The Hall–Kier alpha value is -1.55. The monoisotopic (exact) mass is 196 g/mol. The summed E-state index contributed by atoms with van der Waals surface area (Å²) in [6.07, 6.45) is 0. The van der Waals surface area contributed by atoms with E-state index in [1.165, 1.54) is 18.2 Å². The van der Waals surface area contributed by atoms with Gasteiger partial charge >= 0.3 is 5.97 Å². The predicted molar refractivity (Wildman–Crippen MR) is 50.6 cm³/mol. The van der Waals surface area contributed by atoms with E-state index in [4.69, 9.17) is 10.2 Å². The van der Waals surface area contributed by atoms with E-state index in [9.17, 15) is 9.90 Å². The lowest BCUT2D eigenvalue weighted by Gasteiger charge is -2.10. The average Bonchev–Trinajstić information content (AvgIpc) is 2.16. The van der Waals surface area contributed by atoms with E-state index >= 15 is 0 Å². The number of aromatic hydroxyl groups is 1. The predicted octanol–water partition coefficient (Wildman–Crippen LogP) is 1.19. The van der Waals surface area contributed by atoms with E-state index in [0.29, 0.717) is 5.56 Å². The highest BCUT2D eigenvalue weighted by Gasteiger charge is 2.11. The van der Waals surface area contributed by atoms with Gasteiger partial charge in [-0.1, -0.05) is 13.0 Å². The number of carboxylic acid groups (broad SMARTS) is 1. The third kappa shape index (κ3) is 2.03. The highest BCUT2D eigenvalue weighted by Crippen LogP contribution is 2.26. The Morgan fingerprint density at radius 2 is 2.14 bits per heavy atom. The minimum Gasteiger partial charge on any atom is -0.508 e. The van der Waals surface area contributed by atoms with Gasteiger partial charge in [-0.25, -0.2) is 4.79 Å². The van der Waals surface area contributed by atoms with E-state index in [1.807, 2.05) is 0 Å². The lowest BCUT2D eigenvalue weighted by atomic mass is 9.99. The minimum atomic E-state index is -1.08. The number of hydrogen-bond acceptors (Lipinski definition) is 3. The Labute approximate surface area is 81.4 Å². The maximum atomic E-state index is 10.5. The molecule has 0 fully saturated rings. The second-order valence-corrected chi connectivity index (χ2v) is 3.16. The zero-order valence-electron chi connectivity index (χ0n) is 7.77. The molecule has 1 rings (SSSR count). The molecule has 1 aromatic rings. The van der Waals surface area contributed by atoms with Crippen molar-refractivity contribution in [1.29, 1.82) is 0 Å². The molecule has 4 nitrogen and oxygen atoms in total. The molecule has 0 saturated carbocycles. The van der Waals surface area contributed by atoms with Gasteiger partial charge < -0.3 is 15.3 Å². The molecule has 0 radical (unpaired) electrons. The van der Waals surface area contributed by atoms with Crippen LogP contribution in [-0.2, 0) is 0 Å². The number of aliphatic hydroxyl groups excluding tert-OH is 1. The van der Waals surface area contributed by atoms with Crippen molar-refractivity contribution < 1.29 is 20.1 Å². The largest absolute Gasteiger partial charge is 0.508 e. The molecule has 76 valence electrons. The van der Waals surface area contributed by atoms with Crippen LogP contribution in [0.1, 0.15) is 28.8 Å². The first kappa shape index (κ1) is 10.5. The van der Waals surface area contributed by atoms with Crippen molar-refractivity contribution in [2.24, 2.45) is 0 Å². The van der Waals surface area contributed by atoms with Crippen molar-refractivity contribution in [3.63, 3.8) is 0 Å². The van der Waals surface area contributed by atoms with Gasteiger partial charge in [0.05, 0.1) is 5.56 Å². The number of hydrogen-bond donors (Lipinski definition) is 3. The van der Waals surface area contributed by atoms with Crippen LogP contribution < -0.4 is 0 Å². The molecular formula is C10H12O4. The van der Waals surface area contributed by atoms with Gasteiger partial charge in [-0.3, -0.25) is 0 Å². The van der Waals surface area contributed by atoms with E-state index in [-0.39, 0.29) is 23.8 Å². The summed E-state index contributed by atoms with van der Waals surface area (Å²) in [5.41, 5.74) is 0.592. The summed E-state index contributed by atoms with van der Waals surface area (Å²) in [6.45, 7) is 1.66. The van der Waals surface area contributed by atoms with Crippen LogP contribution in [0, 0.1) is 0 Å². The normalized spacial score (nSPS) is 12.4. The van der Waals surface area contributed by atoms with Crippen LogP contribution in [0.25, 0.3) is 0 Å². The molecule has 0 aromatic heterocycles. The smallest absolute Gasteiger partial charge is 0.335 e. The fourth-order valence-electron chi connectivity index (χ4n) is 1.19. The highest BCUT2D eigenvalue weighted by molar-refractivity contribution is 5.88. The fraction of sp³-hybridized carbons (Fsp3) is 0.300. The summed E-state index contributed by atoms with van der Waals surface area (Å²) >= 11 is 0. The maximum Gasteiger partial charge on any atom is 0.335 e. The fourth-order valence-corrected chi connectivity index (χ4v) is 1.19. The average molecular weight is 196 g/mol. The molecule has 0 amide bonds. The van der Waals surface area contributed by atoms with Crippen LogP contribution in [0.3, 0.4) is 0 Å². The SMILES string of the molecule is C[C@H](CO)c1ccc(C(=O)O)cc1O. The number of benzene rings is 1. The van der Waals surface area contributed by atoms with Crippen LogP contribution in [0.15, 0.2) is 18.2 Å². The Bertz CT molecular complexity index is 346. The number of carbonyl (C=O) groups is 1. The lowest BCUT2D eigenvalue weighted by Crippen LogP contribution is -2.01. The molecule has 1 atom stereocenters. The van der Waals surface area contributed by atoms with E-state index in [2.05, 4.69) is 0 Å². The summed E-state index contributed by atoms with van der Waals surface area (Å²) in [6, 6.07) is 4.10. The molecule has 0 spiro atoms. The van der Waals surface area contributed by atoms with Crippen molar-refractivity contribution in [2.45, 2.75) is 12.8 Å². The van der Waals surface area contributed by atoms with Crippen molar-refractivity contribution in [2.75, 3.05) is 6.61 Å². The van der Waals surface area contributed by atoms with Crippen LogP contribution in [0.2, 0.25) is 0 Å². The first-order valence-corrected chi connectivity index (χ1v) is 4.23. The Kier molecular flexibility index (Phi) is 3.09. The van der Waals surface area contributed by atoms with Crippen LogP contribution in [0.5, 0.6) is 5.75 Å². The van der Waals surface area contributed by atoms with Gasteiger partial charge in [0.2, 0.25) is 0 Å². The molecule has 0 unspecified atom stereocenters. The molecular weight excluding hydrogens is 184 g/mol. The van der Waals surface area contributed by atoms with Gasteiger partial charge in [0.15, 0.2) is 0 Å². The van der Waals surface area contributed by atoms with Gasteiger partial charge in [0, 0.05) is 12.5 Å². The molecule has 3 N–H and O–H groups in total. The standard InChI is InChI=1S/C10H12O4/c1-6(5-11)8-3-2-7(10(13)14)4-9(8)12/h2-4,6,11-12H,5H2,1H3,(H,13,14)/t6-/m1/s1. The summed E-state index contributed by atoms with van der Waals surface area (Å²) in [7, 11) is 0. The van der Waals surface area contributed by atoms with E-state index in [0.717, 1.165) is 0 Å². The maximum absolute atomic E-state index is 10.5. The molecule has 0 bridgehead atoms. The van der Waals surface area contributed by atoms with Crippen LogP contribution >= 0.6 is 0 Å². The zero-order chi connectivity index (χ0) is 10.7. The number of carboxylic acids is 1. The summed E-state index contributed by atoms with van der Waals surface area (Å²) < 4.78 is 0. The molecule has 0 heterocycles.